The summed E-state index contributed by atoms with van der Waals surface area (Å²) < 4.78 is 5.11. The van der Waals surface area contributed by atoms with E-state index in [0.717, 1.165) is 17.4 Å². The number of thioether (sulfide) groups is 1. The summed E-state index contributed by atoms with van der Waals surface area (Å²) in [6, 6.07) is 8.27. The predicted molar refractivity (Wildman–Crippen MR) is 66.9 cm³/mol. The highest BCUT2D eigenvalue weighted by Gasteiger charge is 2.05. The van der Waals surface area contributed by atoms with Crippen LogP contribution in [0.3, 0.4) is 0 Å². The van der Waals surface area contributed by atoms with E-state index in [2.05, 4.69) is 11.4 Å². The molecule has 0 aromatic heterocycles. The second-order valence-corrected chi connectivity index (χ2v) is 4.74. The van der Waals surface area contributed by atoms with Gasteiger partial charge in [-0.15, -0.1) is 11.8 Å². The van der Waals surface area contributed by atoms with Crippen molar-refractivity contribution < 1.29 is 4.74 Å². The summed E-state index contributed by atoms with van der Waals surface area (Å²) in [5.41, 5.74) is 0. The van der Waals surface area contributed by atoms with Crippen LogP contribution in [-0.2, 0) is 4.74 Å². The largest absolute Gasteiger partial charge is 0.383 e. The van der Waals surface area contributed by atoms with Crippen LogP contribution in [0.25, 0.3) is 0 Å². The molecule has 1 N–H and O–H groups in total. The highest BCUT2D eigenvalue weighted by Crippen LogP contribution is 2.22. The van der Waals surface area contributed by atoms with Gasteiger partial charge in [-0.05, 0) is 25.2 Å². The van der Waals surface area contributed by atoms with Crippen molar-refractivity contribution in [2.75, 3.05) is 26.5 Å². The standard InChI is InChI=1S/C11H16ClNOS/c1-13-10(7-14-2)8-15-11-5-3-4-9(12)6-11/h3-6,10,13H,7-8H2,1-2H3. The molecule has 2 nitrogen and oxygen atoms in total. The van der Waals surface area contributed by atoms with Crippen LogP contribution >= 0.6 is 23.4 Å². The minimum Gasteiger partial charge on any atom is -0.383 e. The first kappa shape index (κ1) is 12.8. The van der Waals surface area contributed by atoms with Crippen LogP contribution in [0.2, 0.25) is 5.02 Å². The maximum absolute atomic E-state index is 5.90. The van der Waals surface area contributed by atoms with Crippen LogP contribution in [-0.4, -0.2) is 32.6 Å². The Bertz CT molecular complexity index is 296. The van der Waals surface area contributed by atoms with E-state index in [0.29, 0.717) is 6.04 Å². The molecule has 0 aliphatic carbocycles. The third kappa shape index (κ3) is 4.89. The van der Waals surface area contributed by atoms with Crippen molar-refractivity contribution >= 4 is 23.4 Å². The number of hydrogen-bond donors (Lipinski definition) is 1. The molecule has 1 atom stereocenters. The van der Waals surface area contributed by atoms with Crippen molar-refractivity contribution in [3.8, 4) is 0 Å². The summed E-state index contributed by atoms with van der Waals surface area (Å²) in [6.45, 7) is 0.726. The van der Waals surface area contributed by atoms with Gasteiger partial charge in [0.2, 0.25) is 0 Å². The van der Waals surface area contributed by atoms with Gasteiger partial charge < -0.3 is 10.1 Å². The van der Waals surface area contributed by atoms with Crippen LogP contribution < -0.4 is 5.32 Å². The lowest BCUT2D eigenvalue weighted by atomic mass is 10.4. The maximum atomic E-state index is 5.90. The van der Waals surface area contributed by atoms with Gasteiger partial charge in [0.05, 0.1) is 6.61 Å². The summed E-state index contributed by atoms with van der Waals surface area (Å²) in [6.07, 6.45) is 0. The van der Waals surface area contributed by atoms with Crippen LogP contribution in [0.15, 0.2) is 29.2 Å². The van der Waals surface area contributed by atoms with E-state index in [1.165, 1.54) is 4.90 Å². The van der Waals surface area contributed by atoms with Crippen LogP contribution in [0.4, 0.5) is 0 Å². The zero-order valence-corrected chi connectivity index (χ0v) is 10.6. The Morgan fingerprint density at radius 2 is 2.33 bits per heavy atom. The Labute approximate surface area is 100 Å². The van der Waals surface area contributed by atoms with Gasteiger partial charge in [-0.3, -0.25) is 0 Å². The molecule has 0 bridgehead atoms. The lowest BCUT2D eigenvalue weighted by molar-refractivity contribution is 0.177. The molecule has 84 valence electrons. The van der Waals surface area contributed by atoms with Gasteiger partial charge in [-0.25, -0.2) is 0 Å². The normalized spacial score (nSPS) is 12.7. The SMILES string of the molecule is CNC(COC)CSc1cccc(Cl)c1. The smallest absolute Gasteiger partial charge is 0.0623 e. The summed E-state index contributed by atoms with van der Waals surface area (Å²) in [5, 5.41) is 3.99. The Morgan fingerprint density at radius 1 is 1.53 bits per heavy atom. The van der Waals surface area contributed by atoms with E-state index >= 15 is 0 Å². The van der Waals surface area contributed by atoms with Gasteiger partial charge in [-0.2, -0.15) is 0 Å². The molecule has 0 saturated heterocycles. The van der Waals surface area contributed by atoms with Gasteiger partial charge >= 0.3 is 0 Å². The fourth-order valence-corrected chi connectivity index (χ4v) is 2.47. The van der Waals surface area contributed by atoms with E-state index in [-0.39, 0.29) is 0 Å². The molecule has 1 aromatic rings. The van der Waals surface area contributed by atoms with Gasteiger partial charge in [0, 0.05) is 28.8 Å². The van der Waals surface area contributed by atoms with Crippen molar-refractivity contribution in [1.29, 1.82) is 0 Å². The van der Waals surface area contributed by atoms with Gasteiger partial charge in [0.1, 0.15) is 0 Å². The monoisotopic (exact) mass is 245 g/mol. The van der Waals surface area contributed by atoms with Crippen molar-refractivity contribution in [2.45, 2.75) is 10.9 Å². The predicted octanol–water partition coefficient (Wildman–Crippen LogP) is 2.67. The molecule has 0 radical (unpaired) electrons. The van der Waals surface area contributed by atoms with Gasteiger partial charge in [-0.1, -0.05) is 17.7 Å². The zero-order valence-electron chi connectivity index (χ0n) is 9.00. The molecule has 0 heterocycles. The quantitative estimate of drug-likeness (QED) is 0.779. The average molecular weight is 246 g/mol. The summed E-state index contributed by atoms with van der Waals surface area (Å²) in [7, 11) is 3.66. The van der Waals surface area contributed by atoms with E-state index < -0.39 is 0 Å². The van der Waals surface area contributed by atoms with Gasteiger partial charge in [0.25, 0.3) is 0 Å². The first-order chi connectivity index (χ1) is 7.26. The Kier molecular flexibility index (Phi) is 6.10. The number of benzene rings is 1. The summed E-state index contributed by atoms with van der Waals surface area (Å²) in [4.78, 5) is 1.19. The second kappa shape index (κ2) is 7.12. The molecule has 1 rings (SSSR count). The third-order valence-electron chi connectivity index (χ3n) is 2.02. The molecule has 0 amide bonds. The molecule has 0 aliphatic heterocycles. The number of halogens is 1. The Balaban J connectivity index is 2.41. The van der Waals surface area contributed by atoms with E-state index in [4.69, 9.17) is 16.3 Å². The number of hydrogen-bond acceptors (Lipinski definition) is 3. The van der Waals surface area contributed by atoms with Crippen molar-refractivity contribution in [3.63, 3.8) is 0 Å². The van der Waals surface area contributed by atoms with E-state index in [9.17, 15) is 0 Å². The molecule has 4 heteroatoms. The number of rotatable bonds is 6. The Morgan fingerprint density at radius 3 is 2.93 bits per heavy atom. The molecule has 1 aromatic carbocycles. The van der Waals surface area contributed by atoms with Crippen molar-refractivity contribution in [3.05, 3.63) is 29.3 Å². The first-order valence-electron chi connectivity index (χ1n) is 4.81. The molecule has 15 heavy (non-hydrogen) atoms. The van der Waals surface area contributed by atoms with Crippen LogP contribution in [0.1, 0.15) is 0 Å². The number of likely N-dealkylation sites (N-methyl/N-ethyl adjacent to an activating group) is 1. The number of nitrogens with one attached hydrogen (secondary N) is 1. The molecule has 0 aliphatic rings. The lowest BCUT2D eigenvalue weighted by Gasteiger charge is -2.14. The topological polar surface area (TPSA) is 21.3 Å². The highest BCUT2D eigenvalue weighted by molar-refractivity contribution is 7.99. The molecule has 0 fully saturated rings. The fourth-order valence-electron chi connectivity index (χ4n) is 1.17. The fraction of sp³-hybridized carbons (Fsp3) is 0.455. The summed E-state index contributed by atoms with van der Waals surface area (Å²) >= 11 is 7.68. The molecule has 0 saturated carbocycles. The molecular weight excluding hydrogens is 230 g/mol. The molecule has 0 spiro atoms. The van der Waals surface area contributed by atoms with Crippen molar-refractivity contribution in [2.24, 2.45) is 0 Å². The molecular formula is C11H16ClNOS. The average Bonchev–Trinajstić information content (AvgIpc) is 2.24. The van der Waals surface area contributed by atoms with Crippen molar-refractivity contribution in [1.82, 2.24) is 5.32 Å². The zero-order chi connectivity index (χ0) is 11.1. The van der Waals surface area contributed by atoms with Crippen LogP contribution in [0, 0.1) is 0 Å². The van der Waals surface area contributed by atoms with Crippen LogP contribution in [0.5, 0.6) is 0 Å². The lowest BCUT2D eigenvalue weighted by Crippen LogP contribution is -2.32. The van der Waals surface area contributed by atoms with E-state index in [1.54, 1.807) is 18.9 Å². The highest BCUT2D eigenvalue weighted by atomic mass is 35.5. The Hall–Kier alpha value is -0.220. The minimum absolute atomic E-state index is 0.374. The van der Waals surface area contributed by atoms with Gasteiger partial charge in [0.15, 0.2) is 0 Å². The number of ether oxygens (including phenoxy) is 1. The summed E-state index contributed by atoms with van der Waals surface area (Å²) in [5.74, 6) is 0.977. The first-order valence-corrected chi connectivity index (χ1v) is 6.17. The molecule has 1 unspecified atom stereocenters. The second-order valence-electron chi connectivity index (χ2n) is 3.21. The third-order valence-corrected chi connectivity index (χ3v) is 3.41. The van der Waals surface area contributed by atoms with E-state index in [1.807, 2.05) is 25.2 Å². The maximum Gasteiger partial charge on any atom is 0.0623 e. The number of methoxy groups -OCH3 is 1. The minimum atomic E-state index is 0.374.